The van der Waals surface area contributed by atoms with E-state index in [-0.39, 0.29) is 5.82 Å². The first kappa shape index (κ1) is 14.5. The van der Waals surface area contributed by atoms with Crippen molar-refractivity contribution < 1.29 is 9.13 Å². The average molecular weight is 350 g/mol. The maximum atomic E-state index is 14.0. The monoisotopic (exact) mass is 349 g/mol. The summed E-state index contributed by atoms with van der Waals surface area (Å²) in [5.74, 6) is 0.0516. The van der Waals surface area contributed by atoms with Gasteiger partial charge in [0.2, 0.25) is 0 Å². The number of benzene rings is 2. The van der Waals surface area contributed by atoms with Crippen molar-refractivity contribution in [2.75, 3.05) is 0 Å². The van der Waals surface area contributed by atoms with Gasteiger partial charge in [0.05, 0.1) is 0 Å². The van der Waals surface area contributed by atoms with E-state index in [9.17, 15) is 4.39 Å². The Balaban J connectivity index is 1.69. The molecule has 110 valence electrons. The normalized spacial score (nSPS) is 14.2. The van der Waals surface area contributed by atoms with Gasteiger partial charge >= 0.3 is 0 Å². The molecular weight excluding hydrogens is 333 g/mol. The molecule has 1 aliphatic carbocycles. The summed E-state index contributed by atoms with van der Waals surface area (Å²) in [5.41, 5.74) is 1.89. The molecule has 2 aromatic carbocycles. The van der Waals surface area contributed by atoms with Gasteiger partial charge in [-0.3, -0.25) is 0 Å². The van der Waals surface area contributed by atoms with E-state index in [2.05, 4.69) is 21.2 Å². The van der Waals surface area contributed by atoms with Crippen LogP contribution in [0.1, 0.15) is 24.0 Å². The zero-order valence-corrected chi connectivity index (χ0v) is 13.2. The molecule has 1 N–H and O–H groups in total. The van der Waals surface area contributed by atoms with Gasteiger partial charge in [0, 0.05) is 22.6 Å². The fourth-order valence-corrected chi connectivity index (χ4v) is 2.40. The lowest BCUT2D eigenvalue weighted by molar-refractivity contribution is 0.286. The lowest BCUT2D eigenvalue weighted by Gasteiger charge is -2.13. The second-order valence-electron chi connectivity index (χ2n) is 5.30. The van der Waals surface area contributed by atoms with Crippen LogP contribution in [0.3, 0.4) is 0 Å². The van der Waals surface area contributed by atoms with E-state index in [1.54, 1.807) is 6.07 Å². The molecule has 0 bridgehead atoms. The predicted octanol–water partition coefficient (Wildman–Crippen LogP) is 4.42. The number of halogens is 2. The minimum atomic E-state index is -0.304. The van der Waals surface area contributed by atoms with Gasteiger partial charge in [-0.1, -0.05) is 40.2 Å². The molecular formula is C17H17BrFNO. The third-order valence-electron chi connectivity index (χ3n) is 3.50. The summed E-state index contributed by atoms with van der Waals surface area (Å²) >= 11 is 3.40. The summed E-state index contributed by atoms with van der Waals surface area (Å²) < 4.78 is 20.7. The number of hydrogen-bond donors (Lipinski definition) is 1. The zero-order valence-electron chi connectivity index (χ0n) is 11.6. The summed E-state index contributed by atoms with van der Waals surface area (Å²) in [6, 6.07) is 13.5. The Hall–Kier alpha value is -1.39. The summed E-state index contributed by atoms with van der Waals surface area (Å²) in [6.07, 6.45) is 2.43. The van der Waals surface area contributed by atoms with Gasteiger partial charge in [0.25, 0.3) is 0 Å². The SMILES string of the molecule is Fc1cccc(CNC2CC2)c1OCc1ccc(Br)cc1. The van der Waals surface area contributed by atoms with Gasteiger partial charge in [-0.2, -0.15) is 0 Å². The van der Waals surface area contributed by atoms with Gasteiger partial charge in [-0.25, -0.2) is 4.39 Å². The van der Waals surface area contributed by atoms with E-state index in [0.717, 1.165) is 15.6 Å². The molecule has 4 heteroatoms. The van der Waals surface area contributed by atoms with E-state index >= 15 is 0 Å². The number of nitrogens with one attached hydrogen (secondary N) is 1. The second kappa shape index (κ2) is 6.58. The van der Waals surface area contributed by atoms with E-state index in [0.29, 0.717) is 24.9 Å². The first-order chi connectivity index (χ1) is 10.2. The molecule has 1 aliphatic rings. The van der Waals surface area contributed by atoms with Crippen molar-refractivity contribution in [2.24, 2.45) is 0 Å². The summed E-state index contributed by atoms with van der Waals surface area (Å²) in [5, 5.41) is 3.39. The first-order valence-corrected chi connectivity index (χ1v) is 7.89. The minimum absolute atomic E-state index is 0.304. The molecule has 3 rings (SSSR count). The van der Waals surface area contributed by atoms with Crippen molar-refractivity contribution >= 4 is 15.9 Å². The highest BCUT2D eigenvalue weighted by Gasteiger charge is 2.21. The fraction of sp³-hybridized carbons (Fsp3) is 0.294. The Labute approximate surface area is 132 Å². The van der Waals surface area contributed by atoms with Crippen LogP contribution in [0.2, 0.25) is 0 Å². The molecule has 0 unspecified atom stereocenters. The summed E-state index contributed by atoms with van der Waals surface area (Å²) in [6.45, 7) is 1.02. The zero-order chi connectivity index (χ0) is 14.7. The third-order valence-corrected chi connectivity index (χ3v) is 4.03. The number of rotatable bonds is 6. The van der Waals surface area contributed by atoms with Crippen LogP contribution < -0.4 is 10.1 Å². The van der Waals surface area contributed by atoms with Crippen molar-refractivity contribution in [1.82, 2.24) is 5.32 Å². The van der Waals surface area contributed by atoms with Crippen LogP contribution in [0.25, 0.3) is 0 Å². The molecule has 0 aliphatic heterocycles. The Morgan fingerprint density at radius 3 is 2.62 bits per heavy atom. The van der Waals surface area contributed by atoms with E-state index in [1.165, 1.54) is 18.9 Å². The lowest BCUT2D eigenvalue weighted by atomic mass is 10.2. The maximum Gasteiger partial charge on any atom is 0.165 e. The van der Waals surface area contributed by atoms with Crippen LogP contribution in [0.4, 0.5) is 4.39 Å². The highest BCUT2D eigenvalue weighted by Crippen LogP contribution is 2.26. The van der Waals surface area contributed by atoms with Gasteiger partial charge in [0.1, 0.15) is 6.61 Å². The molecule has 0 spiro atoms. The summed E-state index contributed by atoms with van der Waals surface area (Å²) in [4.78, 5) is 0. The molecule has 0 saturated heterocycles. The molecule has 0 radical (unpaired) electrons. The van der Waals surface area contributed by atoms with Gasteiger partial charge in [0.15, 0.2) is 11.6 Å². The molecule has 1 fully saturated rings. The standard InChI is InChI=1S/C17H17BrFNO/c18-14-6-4-12(5-7-14)11-21-17-13(2-1-3-16(17)19)10-20-15-8-9-15/h1-7,15,20H,8-11H2. The van der Waals surface area contributed by atoms with Crippen molar-refractivity contribution in [2.45, 2.75) is 32.0 Å². The van der Waals surface area contributed by atoms with Crippen molar-refractivity contribution in [3.8, 4) is 5.75 Å². The largest absolute Gasteiger partial charge is 0.485 e. The van der Waals surface area contributed by atoms with Crippen molar-refractivity contribution in [1.29, 1.82) is 0 Å². The van der Waals surface area contributed by atoms with Crippen molar-refractivity contribution in [3.63, 3.8) is 0 Å². The molecule has 0 aromatic heterocycles. The summed E-state index contributed by atoms with van der Waals surface area (Å²) in [7, 11) is 0. The lowest BCUT2D eigenvalue weighted by Crippen LogP contribution is -2.16. The van der Waals surface area contributed by atoms with Crippen LogP contribution in [-0.2, 0) is 13.2 Å². The third kappa shape index (κ3) is 4.05. The minimum Gasteiger partial charge on any atom is -0.485 e. The van der Waals surface area contributed by atoms with Crippen molar-refractivity contribution in [3.05, 3.63) is 63.9 Å². The smallest absolute Gasteiger partial charge is 0.165 e. The predicted molar refractivity (Wildman–Crippen MR) is 84.7 cm³/mol. The molecule has 2 nitrogen and oxygen atoms in total. The van der Waals surface area contributed by atoms with E-state index in [1.807, 2.05) is 30.3 Å². The first-order valence-electron chi connectivity index (χ1n) is 7.10. The van der Waals surface area contributed by atoms with Crippen LogP contribution in [0, 0.1) is 5.82 Å². The van der Waals surface area contributed by atoms with Gasteiger partial charge in [-0.15, -0.1) is 0 Å². The van der Waals surface area contributed by atoms with E-state index < -0.39 is 0 Å². The Bertz CT molecular complexity index is 611. The second-order valence-corrected chi connectivity index (χ2v) is 6.21. The highest BCUT2D eigenvalue weighted by atomic mass is 79.9. The Kier molecular flexibility index (Phi) is 4.56. The maximum absolute atomic E-state index is 14.0. The van der Waals surface area contributed by atoms with Crippen LogP contribution in [0.5, 0.6) is 5.75 Å². The molecule has 21 heavy (non-hydrogen) atoms. The molecule has 0 amide bonds. The van der Waals surface area contributed by atoms with E-state index in [4.69, 9.17) is 4.74 Å². The van der Waals surface area contributed by atoms with Crippen LogP contribution >= 0.6 is 15.9 Å². The Morgan fingerprint density at radius 2 is 1.90 bits per heavy atom. The molecule has 2 aromatic rings. The van der Waals surface area contributed by atoms with Gasteiger partial charge in [-0.05, 0) is 36.6 Å². The molecule has 0 heterocycles. The average Bonchev–Trinajstić information content (AvgIpc) is 3.30. The van der Waals surface area contributed by atoms with Crippen LogP contribution in [0.15, 0.2) is 46.9 Å². The number of para-hydroxylation sites is 1. The Morgan fingerprint density at radius 1 is 1.14 bits per heavy atom. The molecule has 1 saturated carbocycles. The number of ether oxygens (including phenoxy) is 1. The van der Waals surface area contributed by atoms with Crippen LogP contribution in [-0.4, -0.2) is 6.04 Å². The molecule has 0 atom stereocenters. The topological polar surface area (TPSA) is 21.3 Å². The quantitative estimate of drug-likeness (QED) is 0.833. The van der Waals surface area contributed by atoms with Gasteiger partial charge < -0.3 is 10.1 Å². The highest BCUT2D eigenvalue weighted by molar-refractivity contribution is 9.10. The number of hydrogen-bond acceptors (Lipinski definition) is 2. The fourth-order valence-electron chi connectivity index (χ4n) is 2.13.